The van der Waals surface area contributed by atoms with Crippen LogP contribution < -0.4 is 0 Å². The van der Waals surface area contributed by atoms with E-state index >= 15 is 0 Å². The van der Waals surface area contributed by atoms with Gasteiger partial charge in [0.2, 0.25) is 0 Å². The van der Waals surface area contributed by atoms with Gasteiger partial charge >= 0.3 is 5.97 Å². The summed E-state index contributed by atoms with van der Waals surface area (Å²) in [5.41, 5.74) is 2.67. The molecule has 2 rings (SSSR count). The molecule has 0 unspecified atom stereocenters. The van der Waals surface area contributed by atoms with E-state index in [2.05, 4.69) is 37.9 Å². The molecular formula is C15H17NO2. The molecule has 0 atom stereocenters. The zero-order chi connectivity index (χ0) is 13.3. The third-order valence-electron chi connectivity index (χ3n) is 2.97. The summed E-state index contributed by atoms with van der Waals surface area (Å²) in [5, 5.41) is 0.963. The van der Waals surface area contributed by atoms with E-state index < -0.39 is 0 Å². The summed E-state index contributed by atoms with van der Waals surface area (Å²) in [6.45, 7) is 6.48. The fourth-order valence-corrected chi connectivity index (χ4v) is 1.83. The molecule has 0 aliphatic heterocycles. The summed E-state index contributed by atoms with van der Waals surface area (Å²) in [5.74, 6) is -0.356. The zero-order valence-electron chi connectivity index (χ0n) is 11.2. The number of rotatable bonds is 1. The van der Waals surface area contributed by atoms with E-state index in [-0.39, 0.29) is 11.4 Å². The standard InChI is InChI=1S/C15H17NO2/c1-15(2,3)12-5-6-13-10(8-12)7-11(9-16-13)14(17)18-4/h5-9H,1-4H3. The van der Waals surface area contributed by atoms with Crippen molar-refractivity contribution >= 4 is 16.9 Å². The Morgan fingerprint density at radius 2 is 1.94 bits per heavy atom. The van der Waals surface area contributed by atoms with Gasteiger partial charge in [-0.05, 0) is 29.2 Å². The van der Waals surface area contributed by atoms with Gasteiger partial charge in [0.25, 0.3) is 0 Å². The normalized spacial score (nSPS) is 11.6. The predicted octanol–water partition coefficient (Wildman–Crippen LogP) is 3.32. The minimum Gasteiger partial charge on any atom is -0.465 e. The van der Waals surface area contributed by atoms with Crippen molar-refractivity contribution in [2.75, 3.05) is 7.11 Å². The van der Waals surface area contributed by atoms with E-state index in [1.807, 2.05) is 12.1 Å². The van der Waals surface area contributed by atoms with Crippen LogP contribution in [-0.4, -0.2) is 18.1 Å². The van der Waals surface area contributed by atoms with Gasteiger partial charge in [0.15, 0.2) is 0 Å². The van der Waals surface area contributed by atoms with Crippen LogP contribution in [-0.2, 0) is 10.2 Å². The van der Waals surface area contributed by atoms with Crippen LogP contribution in [0.15, 0.2) is 30.5 Å². The number of aromatic nitrogens is 1. The Bertz CT molecular complexity index is 597. The smallest absolute Gasteiger partial charge is 0.339 e. The second-order valence-corrected chi connectivity index (χ2v) is 5.37. The molecular weight excluding hydrogens is 226 g/mol. The molecule has 2 aromatic rings. The Hall–Kier alpha value is -1.90. The van der Waals surface area contributed by atoms with Crippen LogP contribution >= 0.6 is 0 Å². The first-order valence-electron chi connectivity index (χ1n) is 5.90. The Morgan fingerprint density at radius 1 is 1.22 bits per heavy atom. The van der Waals surface area contributed by atoms with Crippen molar-refractivity contribution in [1.82, 2.24) is 4.98 Å². The SMILES string of the molecule is COC(=O)c1cnc2ccc(C(C)(C)C)cc2c1. The summed E-state index contributed by atoms with van der Waals surface area (Å²) in [6, 6.07) is 7.96. The predicted molar refractivity (Wildman–Crippen MR) is 71.8 cm³/mol. The maximum Gasteiger partial charge on any atom is 0.339 e. The van der Waals surface area contributed by atoms with Crippen molar-refractivity contribution in [3.63, 3.8) is 0 Å². The van der Waals surface area contributed by atoms with Gasteiger partial charge in [-0.25, -0.2) is 4.79 Å². The Morgan fingerprint density at radius 3 is 2.56 bits per heavy atom. The lowest BCUT2D eigenvalue weighted by Crippen LogP contribution is -2.10. The van der Waals surface area contributed by atoms with E-state index in [1.54, 1.807) is 6.20 Å². The Kier molecular flexibility index (Phi) is 3.07. The molecule has 0 aliphatic carbocycles. The van der Waals surface area contributed by atoms with Crippen LogP contribution in [0.4, 0.5) is 0 Å². The first-order valence-corrected chi connectivity index (χ1v) is 5.90. The van der Waals surface area contributed by atoms with Crippen molar-refractivity contribution in [3.8, 4) is 0 Å². The fraction of sp³-hybridized carbons (Fsp3) is 0.333. The van der Waals surface area contributed by atoms with E-state index in [9.17, 15) is 4.79 Å². The molecule has 1 aromatic heterocycles. The highest BCUT2D eigenvalue weighted by atomic mass is 16.5. The van der Waals surface area contributed by atoms with E-state index in [0.29, 0.717) is 5.56 Å². The minimum atomic E-state index is -0.356. The van der Waals surface area contributed by atoms with Gasteiger partial charge in [-0.15, -0.1) is 0 Å². The van der Waals surface area contributed by atoms with Crippen molar-refractivity contribution in [1.29, 1.82) is 0 Å². The highest BCUT2D eigenvalue weighted by Crippen LogP contribution is 2.25. The number of fused-ring (bicyclic) bond motifs is 1. The number of methoxy groups -OCH3 is 1. The van der Waals surface area contributed by atoms with Gasteiger partial charge < -0.3 is 4.74 Å². The Balaban J connectivity index is 2.57. The molecule has 0 fully saturated rings. The number of hydrogen-bond acceptors (Lipinski definition) is 3. The number of hydrogen-bond donors (Lipinski definition) is 0. The quantitative estimate of drug-likeness (QED) is 0.721. The molecule has 0 spiro atoms. The number of pyridine rings is 1. The molecule has 0 saturated carbocycles. The molecule has 3 nitrogen and oxygen atoms in total. The number of carbonyl (C=O) groups excluding carboxylic acids is 1. The third kappa shape index (κ3) is 2.35. The highest BCUT2D eigenvalue weighted by Gasteiger charge is 2.14. The minimum absolute atomic E-state index is 0.0788. The van der Waals surface area contributed by atoms with Gasteiger partial charge in [-0.3, -0.25) is 4.98 Å². The molecule has 0 aliphatic rings. The number of nitrogens with zero attached hydrogens (tertiary/aromatic N) is 1. The summed E-state index contributed by atoms with van der Waals surface area (Å²) >= 11 is 0. The third-order valence-corrected chi connectivity index (χ3v) is 2.97. The topological polar surface area (TPSA) is 39.2 Å². The zero-order valence-corrected chi connectivity index (χ0v) is 11.2. The summed E-state index contributed by atoms with van der Waals surface area (Å²) in [6.07, 6.45) is 1.55. The van der Waals surface area contributed by atoms with Crippen LogP contribution in [0.5, 0.6) is 0 Å². The molecule has 1 aromatic carbocycles. The van der Waals surface area contributed by atoms with Gasteiger partial charge in [0.05, 0.1) is 18.2 Å². The Labute approximate surface area is 107 Å². The molecule has 94 valence electrons. The average Bonchev–Trinajstić information content (AvgIpc) is 2.35. The van der Waals surface area contributed by atoms with Crippen LogP contribution in [0, 0.1) is 0 Å². The van der Waals surface area contributed by atoms with Gasteiger partial charge in [-0.1, -0.05) is 26.8 Å². The number of benzene rings is 1. The lowest BCUT2D eigenvalue weighted by atomic mass is 9.86. The average molecular weight is 243 g/mol. The van der Waals surface area contributed by atoms with Crippen molar-refractivity contribution in [3.05, 3.63) is 41.6 Å². The lowest BCUT2D eigenvalue weighted by molar-refractivity contribution is 0.0600. The second kappa shape index (κ2) is 4.41. The van der Waals surface area contributed by atoms with Crippen LogP contribution in [0.3, 0.4) is 0 Å². The highest BCUT2D eigenvalue weighted by molar-refractivity contribution is 5.93. The van der Waals surface area contributed by atoms with Crippen LogP contribution in [0.1, 0.15) is 36.7 Å². The molecule has 0 radical (unpaired) electrons. The lowest BCUT2D eigenvalue weighted by Gasteiger charge is -2.19. The number of ether oxygens (including phenoxy) is 1. The molecule has 0 amide bonds. The second-order valence-electron chi connectivity index (χ2n) is 5.37. The fourth-order valence-electron chi connectivity index (χ4n) is 1.83. The maximum absolute atomic E-state index is 11.5. The molecule has 1 heterocycles. The number of esters is 1. The first kappa shape index (κ1) is 12.6. The molecule has 0 N–H and O–H groups in total. The number of carbonyl (C=O) groups is 1. The first-order chi connectivity index (χ1) is 8.41. The van der Waals surface area contributed by atoms with Gasteiger partial charge in [-0.2, -0.15) is 0 Å². The molecule has 0 bridgehead atoms. The molecule has 18 heavy (non-hydrogen) atoms. The molecule has 0 saturated heterocycles. The van der Waals surface area contributed by atoms with Crippen LogP contribution in [0.25, 0.3) is 10.9 Å². The summed E-state index contributed by atoms with van der Waals surface area (Å²) in [7, 11) is 1.37. The van der Waals surface area contributed by atoms with Gasteiger partial charge in [0, 0.05) is 11.6 Å². The van der Waals surface area contributed by atoms with Crippen molar-refractivity contribution < 1.29 is 9.53 Å². The van der Waals surface area contributed by atoms with E-state index in [0.717, 1.165) is 10.9 Å². The maximum atomic E-state index is 11.5. The summed E-state index contributed by atoms with van der Waals surface area (Å²) in [4.78, 5) is 15.7. The largest absolute Gasteiger partial charge is 0.465 e. The van der Waals surface area contributed by atoms with E-state index in [1.165, 1.54) is 12.7 Å². The summed E-state index contributed by atoms with van der Waals surface area (Å²) < 4.78 is 4.70. The van der Waals surface area contributed by atoms with Gasteiger partial charge in [0.1, 0.15) is 0 Å². The van der Waals surface area contributed by atoms with Crippen molar-refractivity contribution in [2.24, 2.45) is 0 Å². The monoisotopic (exact) mass is 243 g/mol. The van der Waals surface area contributed by atoms with E-state index in [4.69, 9.17) is 4.74 Å². The van der Waals surface area contributed by atoms with Crippen molar-refractivity contribution in [2.45, 2.75) is 26.2 Å². The van der Waals surface area contributed by atoms with Crippen LogP contribution in [0.2, 0.25) is 0 Å². The molecule has 3 heteroatoms.